The fourth-order valence-electron chi connectivity index (χ4n) is 2.67. The van der Waals surface area contributed by atoms with Crippen molar-refractivity contribution >= 4 is 43.4 Å². The number of aromatic nitrogens is 2. The van der Waals surface area contributed by atoms with E-state index in [1.54, 1.807) is 24.3 Å². The Kier molecular flexibility index (Phi) is 7.00. The normalized spacial score (nSPS) is 13.5. The van der Waals surface area contributed by atoms with Crippen molar-refractivity contribution in [3.05, 3.63) is 70.8 Å². The molecule has 0 radical (unpaired) electrons. The molecule has 0 aliphatic carbocycles. The second kappa shape index (κ2) is 9.49. The van der Waals surface area contributed by atoms with Gasteiger partial charge in [-0.1, -0.05) is 30.3 Å². The van der Waals surface area contributed by atoms with E-state index in [2.05, 4.69) is 36.5 Å². The van der Waals surface area contributed by atoms with Gasteiger partial charge in [0, 0.05) is 11.9 Å². The minimum atomic E-state index is -3.77. The number of nitrogens with zero attached hydrogens (tertiary/aromatic N) is 2. The number of aliphatic hydroxyl groups excluding tert-OH is 2. The van der Waals surface area contributed by atoms with E-state index in [-0.39, 0.29) is 17.5 Å². The van der Waals surface area contributed by atoms with Crippen molar-refractivity contribution < 1.29 is 18.6 Å². The smallest absolute Gasteiger partial charge is 0.238 e. The molecule has 9 nitrogen and oxygen atoms in total. The van der Waals surface area contributed by atoms with Gasteiger partial charge in [0.05, 0.1) is 22.0 Å². The van der Waals surface area contributed by atoms with Gasteiger partial charge in [-0.25, -0.2) is 18.5 Å². The average Bonchev–Trinajstić information content (AvgIpc) is 2.74. The van der Waals surface area contributed by atoms with Crippen LogP contribution in [0.2, 0.25) is 0 Å². The zero-order valence-corrected chi connectivity index (χ0v) is 18.0. The Bertz CT molecular complexity index is 1100. The predicted molar refractivity (Wildman–Crippen MR) is 117 cm³/mol. The number of nitrogens with one attached hydrogen (secondary N) is 2. The van der Waals surface area contributed by atoms with Crippen LogP contribution in [0.1, 0.15) is 11.7 Å². The molecule has 11 heteroatoms. The minimum absolute atomic E-state index is 0.00665. The second-order valence-corrected chi connectivity index (χ2v) is 8.79. The quantitative estimate of drug-likeness (QED) is 0.320. The largest absolute Gasteiger partial charge is 0.394 e. The van der Waals surface area contributed by atoms with E-state index in [1.807, 2.05) is 6.07 Å². The fourth-order valence-corrected chi connectivity index (χ4v) is 3.49. The SMILES string of the molecule is NS(=O)(=O)c1ccc(Nc2ncc(Br)c(NC(CO)C(O)c3ccccc3)n2)cc1. The van der Waals surface area contributed by atoms with Crippen molar-refractivity contribution in [2.24, 2.45) is 5.14 Å². The molecular weight excluding hydrogens is 474 g/mol. The number of aliphatic hydroxyl groups is 2. The van der Waals surface area contributed by atoms with Gasteiger partial charge in [-0.05, 0) is 45.8 Å². The number of primary sulfonamides is 1. The molecule has 1 aromatic heterocycles. The summed E-state index contributed by atoms with van der Waals surface area (Å²) in [6.07, 6.45) is 0.555. The number of benzene rings is 2. The monoisotopic (exact) mass is 493 g/mol. The maximum absolute atomic E-state index is 11.4. The molecule has 158 valence electrons. The van der Waals surface area contributed by atoms with Gasteiger partial charge in [0.15, 0.2) is 0 Å². The Morgan fingerprint density at radius 2 is 1.77 bits per heavy atom. The summed E-state index contributed by atoms with van der Waals surface area (Å²) in [5, 5.41) is 31.4. The maximum atomic E-state index is 11.4. The lowest BCUT2D eigenvalue weighted by Gasteiger charge is -2.23. The Morgan fingerprint density at radius 1 is 1.10 bits per heavy atom. The van der Waals surface area contributed by atoms with Gasteiger partial charge in [0.2, 0.25) is 16.0 Å². The first kappa shape index (κ1) is 22.1. The van der Waals surface area contributed by atoms with Gasteiger partial charge in [-0.2, -0.15) is 4.98 Å². The maximum Gasteiger partial charge on any atom is 0.238 e. The molecule has 0 fully saturated rings. The van der Waals surface area contributed by atoms with Crippen molar-refractivity contribution in [2.75, 3.05) is 17.2 Å². The van der Waals surface area contributed by atoms with Gasteiger partial charge < -0.3 is 20.8 Å². The van der Waals surface area contributed by atoms with E-state index in [1.165, 1.54) is 30.5 Å². The number of nitrogens with two attached hydrogens (primary N) is 1. The minimum Gasteiger partial charge on any atom is -0.394 e. The van der Waals surface area contributed by atoms with E-state index in [9.17, 15) is 18.6 Å². The standard InChI is InChI=1S/C19H20BrN5O4S/c20-15-10-22-19(23-13-6-8-14(9-7-13)30(21,28)29)25-18(15)24-16(11-26)17(27)12-4-2-1-3-5-12/h1-10,16-17,26-27H,11H2,(H2,21,28,29)(H2,22,23,24,25). The molecule has 2 aromatic carbocycles. The van der Waals surface area contributed by atoms with Gasteiger partial charge in [-0.15, -0.1) is 0 Å². The van der Waals surface area contributed by atoms with Crippen molar-refractivity contribution in [3.63, 3.8) is 0 Å². The van der Waals surface area contributed by atoms with E-state index in [0.717, 1.165) is 0 Å². The highest BCUT2D eigenvalue weighted by Crippen LogP contribution is 2.26. The lowest BCUT2D eigenvalue weighted by Crippen LogP contribution is -2.31. The Hall–Kier alpha value is -2.57. The van der Waals surface area contributed by atoms with E-state index < -0.39 is 22.2 Å². The molecule has 3 rings (SSSR count). The summed E-state index contributed by atoms with van der Waals surface area (Å²) in [5.41, 5.74) is 1.21. The Morgan fingerprint density at radius 3 is 2.37 bits per heavy atom. The predicted octanol–water partition coefficient (Wildman–Crippen LogP) is 2.14. The summed E-state index contributed by atoms with van der Waals surface area (Å²) >= 11 is 3.35. The first-order valence-electron chi connectivity index (χ1n) is 8.81. The summed E-state index contributed by atoms with van der Waals surface area (Å²) in [5.74, 6) is 0.595. The Balaban J connectivity index is 1.77. The van der Waals surface area contributed by atoms with Crippen molar-refractivity contribution in [1.29, 1.82) is 0 Å². The van der Waals surface area contributed by atoms with Crippen LogP contribution in [-0.4, -0.2) is 41.2 Å². The molecule has 0 aliphatic rings. The Labute approximate surface area is 182 Å². The molecular formula is C19H20BrN5O4S. The summed E-state index contributed by atoms with van der Waals surface area (Å²) in [7, 11) is -3.77. The second-order valence-electron chi connectivity index (χ2n) is 6.37. The number of sulfonamides is 1. The average molecular weight is 494 g/mol. The molecule has 0 aliphatic heterocycles. The summed E-state index contributed by atoms with van der Waals surface area (Å²) in [6.45, 7) is -0.329. The molecule has 1 heterocycles. The van der Waals surface area contributed by atoms with Gasteiger partial charge in [-0.3, -0.25) is 0 Å². The lowest BCUT2D eigenvalue weighted by atomic mass is 10.0. The van der Waals surface area contributed by atoms with Crippen LogP contribution >= 0.6 is 15.9 Å². The van der Waals surface area contributed by atoms with Crippen LogP contribution in [0.5, 0.6) is 0 Å². The van der Waals surface area contributed by atoms with E-state index >= 15 is 0 Å². The molecule has 30 heavy (non-hydrogen) atoms. The summed E-state index contributed by atoms with van der Waals surface area (Å²) < 4.78 is 23.2. The zero-order chi connectivity index (χ0) is 21.7. The molecule has 2 unspecified atom stereocenters. The highest BCUT2D eigenvalue weighted by Gasteiger charge is 2.21. The number of rotatable bonds is 8. The van der Waals surface area contributed by atoms with Crippen LogP contribution in [0.4, 0.5) is 17.5 Å². The van der Waals surface area contributed by atoms with Crippen molar-refractivity contribution in [3.8, 4) is 0 Å². The molecule has 0 bridgehead atoms. The molecule has 0 spiro atoms. The van der Waals surface area contributed by atoms with Crippen LogP contribution in [0.3, 0.4) is 0 Å². The number of hydrogen-bond acceptors (Lipinski definition) is 8. The highest BCUT2D eigenvalue weighted by atomic mass is 79.9. The van der Waals surface area contributed by atoms with Crippen LogP contribution in [0, 0.1) is 0 Å². The van der Waals surface area contributed by atoms with Crippen LogP contribution in [0.15, 0.2) is 70.2 Å². The number of anilines is 3. The summed E-state index contributed by atoms with van der Waals surface area (Å²) in [6, 6.07) is 14.1. The molecule has 0 saturated heterocycles. The van der Waals surface area contributed by atoms with Crippen molar-refractivity contribution in [2.45, 2.75) is 17.0 Å². The lowest BCUT2D eigenvalue weighted by molar-refractivity contribution is 0.118. The van der Waals surface area contributed by atoms with Crippen LogP contribution in [-0.2, 0) is 10.0 Å². The van der Waals surface area contributed by atoms with Crippen molar-refractivity contribution in [1.82, 2.24) is 9.97 Å². The first-order valence-corrected chi connectivity index (χ1v) is 11.1. The highest BCUT2D eigenvalue weighted by molar-refractivity contribution is 9.10. The topological polar surface area (TPSA) is 150 Å². The molecule has 0 saturated carbocycles. The fraction of sp³-hybridized carbons (Fsp3) is 0.158. The molecule has 2 atom stereocenters. The van der Waals surface area contributed by atoms with Gasteiger partial charge in [0.25, 0.3) is 0 Å². The van der Waals surface area contributed by atoms with Gasteiger partial charge >= 0.3 is 0 Å². The third-order valence-corrected chi connectivity index (χ3v) is 5.73. The van der Waals surface area contributed by atoms with E-state index in [4.69, 9.17) is 5.14 Å². The van der Waals surface area contributed by atoms with E-state index in [0.29, 0.717) is 21.5 Å². The number of hydrogen-bond donors (Lipinski definition) is 5. The zero-order valence-electron chi connectivity index (χ0n) is 15.6. The number of halogens is 1. The van der Waals surface area contributed by atoms with Crippen LogP contribution in [0.25, 0.3) is 0 Å². The third kappa shape index (κ3) is 5.52. The molecule has 3 aromatic rings. The molecule has 6 N–H and O–H groups in total. The van der Waals surface area contributed by atoms with Gasteiger partial charge in [0.1, 0.15) is 11.9 Å². The first-order chi connectivity index (χ1) is 14.3. The molecule has 0 amide bonds. The summed E-state index contributed by atoms with van der Waals surface area (Å²) in [4.78, 5) is 8.52. The third-order valence-electron chi connectivity index (χ3n) is 4.22. The van der Waals surface area contributed by atoms with Crippen LogP contribution < -0.4 is 15.8 Å².